The molecule has 6 heteroatoms. The third kappa shape index (κ3) is 1.95. The number of rotatable bonds is 1. The summed E-state index contributed by atoms with van der Waals surface area (Å²) in [6.07, 6.45) is -0.396. The number of aliphatic hydroxyl groups is 3. The van der Waals surface area contributed by atoms with Crippen LogP contribution in [-0.4, -0.2) is 68.1 Å². The highest BCUT2D eigenvalue weighted by atomic mass is 32.2. The number of fused-ring (bicyclic) bond motifs is 1. The van der Waals surface area contributed by atoms with Gasteiger partial charge in [0.05, 0.1) is 18.2 Å². The molecule has 102 valence electrons. The molecule has 18 heavy (non-hydrogen) atoms. The van der Waals surface area contributed by atoms with Crippen LogP contribution in [0.3, 0.4) is 0 Å². The highest BCUT2D eigenvalue weighted by molar-refractivity contribution is 8.14. The molecule has 1 saturated carbocycles. The average molecular weight is 272 g/mol. The van der Waals surface area contributed by atoms with Crippen LogP contribution in [0, 0.1) is 5.92 Å². The summed E-state index contributed by atoms with van der Waals surface area (Å²) in [6.45, 7) is 3.77. The predicted molar refractivity (Wildman–Crippen MR) is 70.6 cm³/mol. The number of hydrogen-bond donors (Lipinski definition) is 3. The van der Waals surface area contributed by atoms with Crippen molar-refractivity contribution >= 4 is 16.9 Å². The minimum atomic E-state index is -0.869. The quantitative estimate of drug-likeness (QED) is 0.608. The summed E-state index contributed by atoms with van der Waals surface area (Å²) in [5, 5.41) is 31.1. The van der Waals surface area contributed by atoms with Crippen LogP contribution in [0.4, 0.5) is 0 Å². The second kappa shape index (κ2) is 4.67. The molecule has 0 aromatic rings. The Bertz CT molecular complexity index is 359. The molecule has 0 amide bonds. The molecule has 2 heterocycles. The molecule has 0 unspecified atom stereocenters. The second-order valence-electron chi connectivity index (χ2n) is 5.52. The molecule has 1 saturated heterocycles. The van der Waals surface area contributed by atoms with Gasteiger partial charge in [0.1, 0.15) is 6.10 Å². The topological polar surface area (TPSA) is 76.3 Å². The molecule has 3 aliphatic rings. The van der Waals surface area contributed by atoms with Crippen molar-refractivity contribution in [1.29, 1.82) is 0 Å². The van der Waals surface area contributed by atoms with E-state index in [2.05, 4.69) is 9.89 Å². The Hall–Kier alpha value is -0.300. The SMILES string of the molecule is C[C@H](O)[C@H]1C[C@@H]2SC(N3CCC3)=N[C@@H]2[C@@H](O)[C@@H]1O. The number of aliphatic hydroxyl groups excluding tert-OH is 3. The van der Waals surface area contributed by atoms with Crippen molar-refractivity contribution < 1.29 is 15.3 Å². The number of aliphatic imine (C=N–C) groups is 1. The van der Waals surface area contributed by atoms with Gasteiger partial charge in [-0.05, 0) is 19.8 Å². The van der Waals surface area contributed by atoms with E-state index in [1.54, 1.807) is 18.7 Å². The molecule has 0 aromatic carbocycles. The van der Waals surface area contributed by atoms with E-state index in [0.29, 0.717) is 6.42 Å². The monoisotopic (exact) mass is 272 g/mol. The molecule has 5 nitrogen and oxygen atoms in total. The third-order valence-corrected chi connectivity index (χ3v) is 5.63. The predicted octanol–water partition coefficient (Wildman–Crippen LogP) is -0.345. The number of hydrogen-bond acceptors (Lipinski definition) is 6. The number of amidine groups is 1. The van der Waals surface area contributed by atoms with E-state index < -0.39 is 18.3 Å². The normalized spacial score (nSPS) is 45.2. The molecule has 0 aromatic heterocycles. The lowest BCUT2D eigenvalue weighted by molar-refractivity contribution is -0.0835. The van der Waals surface area contributed by atoms with E-state index in [4.69, 9.17) is 0 Å². The van der Waals surface area contributed by atoms with Gasteiger partial charge in [-0.25, -0.2) is 0 Å². The van der Waals surface area contributed by atoms with Crippen molar-refractivity contribution in [1.82, 2.24) is 4.90 Å². The van der Waals surface area contributed by atoms with Crippen molar-refractivity contribution in [2.75, 3.05) is 13.1 Å². The van der Waals surface area contributed by atoms with Crippen molar-refractivity contribution in [2.45, 2.75) is 49.4 Å². The Labute approximate surface area is 111 Å². The molecule has 2 aliphatic heterocycles. The van der Waals surface area contributed by atoms with Crippen LogP contribution in [0.15, 0.2) is 4.99 Å². The highest BCUT2D eigenvalue weighted by Crippen LogP contribution is 2.42. The Morgan fingerprint density at radius 1 is 1.33 bits per heavy atom. The fourth-order valence-corrected chi connectivity index (χ4v) is 4.40. The van der Waals surface area contributed by atoms with Gasteiger partial charge >= 0.3 is 0 Å². The molecule has 0 spiro atoms. The summed E-state index contributed by atoms with van der Waals surface area (Å²) in [5.74, 6) is -0.250. The molecular formula is C12H20N2O3S. The van der Waals surface area contributed by atoms with Gasteiger partial charge in [0.25, 0.3) is 0 Å². The van der Waals surface area contributed by atoms with E-state index in [0.717, 1.165) is 18.3 Å². The maximum atomic E-state index is 10.2. The van der Waals surface area contributed by atoms with Gasteiger partial charge in [-0.3, -0.25) is 4.99 Å². The van der Waals surface area contributed by atoms with Crippen LogP contribution in [0.2, 0.25) is 0 Å². The van der Waals surface area contributed by atoms with Gasteiger partial charge in [-0.15, -0.1) is 0 Å². The minimum absolute atomic E-state index is 0.193. The van der Waals surface area contributed by atoms with Crippen LogP contribution < -0.4 is 0 Å². The zero-order valence-corrected chi connectivity index (χ0v) is 11.3. The van der Waals surface area contributed by atoms with Gasteiger partial charge in [0, 0.05) is 24.3 Å². The van der Waals surface area contributed by atoms with E-state index in [1.807, 2.05) is 0 Å². The van der Waals surface area contributed by atoms with Crippen molar-refractivity contribution in [3.63, 3.8) is 0 Å². The van der Waals surface area contributed by atoms with Gasteiger partial charge < -0.3 is 20.2 Å². The van der Waals surface area contributed by atoms with Crippen LogP contribution in [0.1, 0.15) is 19.8 Å². The highest BCUT2D eigenvalue weighted by Gasteiger charge is 2.49. The molecule has 2 fully saturated rings. The first-order chi connectivity index (χ1) is 8.58. The first-order valence-electron chi connectivity index (χ1n) is 6.61. The first-order valence-corrected chi connectivity index (χ1v) is 7.49. The fraction of sp³-hybridized carbons (Fsp3) is 0.917. The number of nitrogens with zero attached hydrogens (tertiary/aromatic N) is 2. The van der Waals surface area contributed by atoms with Crippen LogP contribution >= 0.6 is 11.8 Å². The largest absolute Gasteiger partial charge is 0.393 e. The smallest absolute Gasteiger partial charge is 0.159 e. The molecule has 0 bridgehead atoms. The zero-order valence-electron chi connectivity index (χ0n) is 10.4. The lowest BCUT2D eigenvalue weighted by Crippen LogP contribution is -2.53. The molecule has 6 atom stereocenters. The third-order valence-electron chi connectivity index (χ3n) is 4.29. The second-order valence-corrected chi connectivity index (χ2v) is 6.73. The van der Waals surface area contributed by atoms with Gasteiger partial charge in [-0.2, -0.15) is 0 Å². The lowest BCUT2D eigenvalue weighted by atomic mass is 9.78. The molecule has 3 N–H and O–H groups in total. The summed E-state index contributed by atoms with van der Waals surface area (Å²) >= 11 is 1.70. The maximum Gasteiger partial charge on any atom is 0.159 e. The Morgan fingerprint density at radius 2 is 2.06 bits per heavy atom. The Morgan fingerprint density at radius 3 is 2.61 bits per heavy atom. The van der Waals surface area contributed by atoms with Crippen LogP contribution in [0.25, 0.3) is 0 Å². The van der Waals surface area contributed by atoms with Gasteiger partial charge in [0.2, 0.25) is 0 Å². The van der Waals surface area contributed by atoms with Gasteiger partial charge in [-0.1, -0.05) is 11.8 Å². The summed E-state index contributed by atoms with van der Waals surface area (Å²) in [6, 6.07) is -0.212. The summed E-state index contributed by atoms with van der Waals surface area (Å²) < 4.78 is 0. The van der Waals surface area contributed by atoms with E-state index in [1.165, 1.54) is 6.42 Å². The first kappa shape index (κ1) is 12.7. The number of likely N-dealkylation sites (tertiary alicyclic amines) is 1. The maximum absolute atomic E-state index is 10.2. The minimum Gasteiger partial charge on any atom is -0.393 e. The summed E-state index contributed by atoms with van der Waals surface area (Å²) in [4.78, 5) is 6.79. The number of thioether (sulfide) groups is 1. The van der Waals surface area contributed by atoms with Crippen LogP contribution in [0.5, 0.6) is 0 Å². The van der Waals surface area contributed by atoms with Crippen LogP contribution in [-0.2, 0) is 0 Å². The van der Waals surface area contributed by atoms with Crippen molar-refractivity contribution in [2.24, 2.45) is 10.9 Å². The molecule has 0 radical (unpaired) electrons. The zero-order chi connectivity index (χ0) is 12.9. The fourth-order valence-electron chi connectivity index (χ4n) is 2.94. The lowest BCUT2D eigenvalue weighted by Gasteiger charge is -2.39. The Balaban J connectivity index is 1.75. The molecular weight excluding hydrogens is 252 g/mol. The summed E-state index contributed by atoms with van der Waals surface area (Å²) in [7, 11) is 0. The standard InChI is InChI=1S/C12H20N2O3S/c1-6(15)7-5-8-9(11(17)10(7)16)13-12(18-8)14-3-2-4-14/h6-11,15-17H,2-5H2,1H3/t6-,7+,8-,9-,10+,11+/m0/s1. The molecule has 3 rings (SSSR count). The average Bonchev–Trinajstić information content (AvgIpc) is 2.64. The molecule has 1 aliphatic carbocycles. The van der Waals surface area contributed by atoms with Gasteiger partial charge in [0.15, 0.2) is 5.17 Å². The van der Waals surface area contributed by atoms with Crippen molar-refractivity contribution in [3.05, 3.63) is 0 Å². The summed E-state index contributed by atoms with van der Waals surface area (Å²) in [5.41, 5.74) is 0. The van der Waals surface area contributed by atoms with E-state index >= 15 is 0 Å². The Kier molecular flexibility index (Phi) is 3.30. The van der Waals surface area contributed by atoms with E-state index in [-0.39, 0.29) is 17.2 Å². The van der Waals surface area contributed by atoms with Crippen molar-refractivity contribution in [3.8, 4) is 0 Å². The van der Waals surface area contributed by atoms with E-state index in [9.17, 15) is 15.3 Å².